The molecule has 0 bridgehead atoms. The molecule has 0 aliphatic rings. The van der Waals surface area contributed by atoms with Crippen LogP contribution in [0.25, 0.3) is 10.1 Å². The van der Waals surface area contributed by atoms with Crippen LogP contribution < -0.4 is 0 Å². The van der Waals surface area contributed by atoms with Crippen LogP contribution in [0.1, 0.15) is 51.0 Å². The van der Waals surface area contributed by atoms with Crippen molar-refractivity contribution in [1.29, 1.82) is 0 Å². The van der Waals surface area contributed by atoms with E-state index in [2.05, 4.69) is 0 Å². The molecule has 0 nitrogen and oxygen atoms in total. The van der Waals surface area contributed by atoms with E-state index in [1.807, 2.05) is 46.8 Å². The zero-order valence-electron chi connectivity index (χ0n) is 14.5. The van der Waals surface area contributed by atoms with Gasteiger partial charge in [0.2, 0.25) is 0 Å². The summed E-state index contributed by atoms with van der Waals surface area (Å²) in [5.41, 5.74) is -3.72. The van der Waals surface area contributed by atoms with Gasteiger partial charge < -0.3 is 17.3 Å². The second-order valence-corrected chi connectivity index (χ2v) is 8.91. The fraction of sp³-hybridized carbons (Fsp3) is 0.500. The van der Waals surface area contributed by atoms with Crippen LogP contribution in [0.4, 0.5) is 30.4 Å². The van der Waals surface area contributed by atoms with Crippen molar-refractivity contribution in [2.75, 3.05) is 0 Å². The lowest BCUT2D eigenvalue weighted by molar-refractivity contribution is -0.0869. The smallest absolute Gasteiger partial charge is 0.418 e. The van der Waals surface area contributed by atoms with Crippen LogP contribution in [0, 0.1) is 0 Å². The molecule has 142 valence electrons. The van der Waals surface area contributed by atoms with Gasteiger partial charge in [-0.1, -0.05) is 40.7 Å². The Kier molecular flexibility index (Phi) is 6.25. The van der Waals surface area contributed by atoms with E-state index in [-0.39, 0.29) is 5.92 Å². The summed E-state index contributed by atoms with van der Waals surface area (Å²) < 4.78 is 80.0. The normalized spacial score (nSPS) is 13.9. The Morgan fingerprint density at radius 3 is 1.76 bits per heavy atom. The Balaban J connectivity index is 0.000000550. The summed E-state index contributed by atoms with van der Waals surface area (Å²) >= 11 is 0. The standard InChI is InChI=1S/C16H20F3S.BF4/c1-10(2)11-6-7-12-9-14(15(3,4)5)20(13(12)8-11)16(17,18)19;2-1(3,4)5/h6-10H,1-5H3;/q+1;-1. The summed E-state index contributed by atoms with van der Waals surface area (Å²) in [7, 11) is -7.79. The summed E-state index contributed by atoms with van der Waals surface area (Å²) in [5, 5.41) is 0.722. The number of alkyl halides is 3. The molecule has 0 spiro atoms. The largest absolute Gasteiger partial charge is 0.673 e. The van der Waals surface area contributed by atoms with E-state index >= 15 is 0 Å². The first-order valence-electron chi connectivity index (χ1n) is 7.56. The number of thiophene rings is 1. The second-order valence-electron chi connectivity index (χ2n) is 6.96. The summed E-state index contributed by atoms with van der Waals surface area (Å²) in [4.78, 5) is 0.487. The molecule has 0 radical (unpaired) electrons. The van der Waals surface area contributed by atoms with Crippen LogP contribution >= 0.6 is 10.5 Å². The van der Waals surface area contributed by atoms with Crippen molar-refractivity contribution in [1.82, 2.24) is 0 Å². The lowest BCUT2D eigenvalue weighted by Gasteiger charge is -2.13. The van der Waals surface area contributed by atoms with E-state index in [1.54, 1.807) is 12.1 Å². The number of halogens is 7. The first kappa shape index (κ1) is 21.8. The van der Waals surface area contributed by atoms with Gasteiger partial charge in [-0.2, -0.15) is 0 Å². The van der Waals surface area contributed by atoms with Gasteiger partial charge in [-0.25, -0.2) is 0 Å². The second kappa shape index (κ2) is 7.17. The van der Waals surface area contributed by atoms with Crippen molar-refractivity contribution < 1.29 is 30.4 Å². The van der Waals surface area contributed by atoms with Crippen LogP contribution in [0.2, 0.25) is 0 Å². The molecule has 0 amide bonds. The first-order chi connectivity index (χ1) is 11.0. The summed E-state index contributed by atoms with van der Waals surface area (Å²) in [6.45, 7) is 9.54. The Morgan fingerprint density at radius 2 is 1.40 bits per heavy atom. The SMILES string of the molecule is CC(C)c1ccc2cc(C(C)(C)C)[s+](C(F)(F)F)c2c1.F[B-](F)(F)F. The Bertz CT molecular complexity index is 715. The zero-order valence-corrected chi connectivity index (χ0v) is 15.3. The van der Waals surface area contributed by atoms with Crippen LogP contribution in [0.15, 0.2) is 24.3 Å². The average molecular weight is 388 g/mol. The Labute approximate surface area is 145 Å². The summed E-state index contributed by atoms with van der Waals surface area (Å²) in [6, 6.07) is 7.24. The third-order valence-corrected chi connectivity index (χ3v) is 5.83. The van der Waals surface area contributed by atoms with Gasteiger partial charge in [-0.05, 0) is 17.5 Å². The number of hydrogen-bond acceptors (Lipinski definition) is 0. The van der Waals surface area contributed by atoms with Gasteiger partial charge in [-0.3, -0.25) is 0 Å². The molecule has 1 aromatic heterocycles. The van der Waals surface area contributed by atoms with Crippen molar-refractivity contribution in [2.24, 2.45) is 0 Å². The molecule has 0 saturated heterocycles. The molecule has 1 aromatic carbocycles. The Hall–Kier alpha value is -1.25. The minimum Gasteiger partial charge on any atom is -0.418 e. The van der Waals surface area contributed by atoms with Gasteiger partial charge in [0, 0.05) is 22.9 Å². The minimum atomic E-state index is -6.00. The van der Waals surface area contributed by atoms with E-state index in [0.717, 1.165) is 10.9 Å². The maximum atomic E-state index is 13.5. The summed E-state index contributed by atoms with van der Waals surface area (Å²) in [5.74, 6) is 0.234. The molecule has 0 fully saturated rings. The van der Waals surface area contributed by atoms with Crippen molar-refractivity contribution in [3.8, 4) is 0 Å². The number of fused-ring (bicyclic) bond motifs is 1. The molecule has 1 unspecified atom stereocenters. The lowest BCUT2D eigenvalue weighted by atomic mass is 9.94. The predicted molar refractivity (Wildman–Crippen MR) is 90.7 cm³/mol. The van der Waals surface area contributed by atoms with E-state index in [4.69, 9.17) is 0 Å². The molecular formula is C16H20BF7S. The van der Waals surface area contributed by atoms with E-state index in [0.29, 0.717) is 9.58 Å². The highest BCUT2D eigenvalue weighted by Gasteiger charge is 2.50. The predicted octanol–water partition coefficient (Wildman–Crippen LogP) is 7.79. The van der Waals surface area contributed by atoms with Crippen LogP contribution in [0.5, 0.6) is 0 Å². The Morgan fingerprint density at radius 1 is 0.920 bits per heavy atom. The van der Waals surface area contributed by atoms with Gasteiger partial charge in [0.15, 0.2) is 9.58 Å². The topological polar surface area (TPSA) is 0 Å². The van der Waals surface area contributed by atoms with E-state index < -0.39 is 28.6 Å². The van der Waals surface area contributed by atoms with Crippen molar-refractivity contribution in [2.45, 2.75) is 51.5 Å². The van der Waals surface area contributed by atoms with E-state index in [1.165, 1.54) is 0 Å². The fourth-order valence-corrected chi connectivity index (χ4v) is 4.51. The third-order valence-electron chi connectivity index (χ3n) is 3.40. The minimum absolute atomic E-state index is 0.234. The molecule has 1 heterocycles. The molecule has 1 atom stereocenters. The fourth-order valence-electron chi connectivity index (χ4n) is 2.30. The maximum Gasteiger partial charge on any atom is 0.673 e. The van der Waals surface area contributed by atoms with Gasteiger partial charge >= 0.3 is 12.8 Å². The molecule has 0 N–H and O–H groups in total. The molecule has 25 heavy (non-hydrogen) atoms. The van der Waals surface area contributed by atoms with Gasteiger partial charge in [0.25, 0.3) is 0 Å². The molecule has 0 saturated carbocycles. The summed E-state index contributed by atoms with van der Waals surface area (Å²) in [6.07, 6.45) is 0. The number of hydrogen-bond donors (Lipinski definition) is 0. The molecular weight excluding hydrogens is 368 g/mol. The van der Waals surface area contributed by atoms with E-state index in [9.17, 15) is 30.4 Å². The van der Waals surface area contributed by atoms with Crippen molar-refractivity contribution >= 4 is 27.8 Å². The highest BCUT2D eigenvalue weighted by Crippen LogP contribution is 2.54. The third kappa shape index (κ3) is 6.20. The number of rotatable bonds is 1. The van der Waals surface area contributed by atoms with Gasteiger partial charge in [-0.15, -0.1) is 13.2 Å². The van der Waals surface area contributed by atoms with Crippen LogP contribution in [-0.4, -0.2) is 7.25 Å². The molecule has 2 aromatic rings. The highest BCUT2D eigenvalue weighted by molar-refractivity contribution is 7.38. The van der Waals surface area contributed by atoms with Crippen molar-refractivity contribution in [3.05, 3.63) is 34.7 Å². The average Bonchev–Trinajstić information content (AvgIpc) is 2.74. The molecule has 0 aliphatic heterocycles. The quantitative estimate of drug-likeness (QED) is 0.266. The number of benzene rings is 1. The molecule has 0 aliphatic carbocycles. The monoisotopic (exact) mass is 388 g/mol. The molecule has 2 rings (SSSR count). The molecule has 9 heteroatoms. The van der Waals surface area contributed by atoms with Crippen molar-refractivity contribution in [3.63, 3.8) is 0 Å². The van der Waals surface area contributed by atoms with Gasteiger partial charge in [0.1, 0.15) is 0 Å². The van der Waals surface area contributed by atoms with Crippen LogP contribution in [0.3, 0.4) is 0 Å². The first-order valence-corrected chi connectivity index (χ1v) is 8.79. The zero-order chi connectivity index (χ0) is 19.8. The lowest BCUT2D eigenvalue weighted by Crippen LogP contribution is -2.12. The highest BCUT2D eigenvalue weighted by atomic mass is 32.2. The van der Waals surface area contributed by atoms with Gasteiger partial charge in [0.05, 0.1) is 10.5 Å². The van der Waals surface area contributed by atoms with Crippen LogP contribution in [-0.2, 0) is 10.9 Å². The maximum absolute atomic E-state index is 13.5.